The van der Waals surface area contributed by atoms with Crippen LogP contribution in [0.5, 0.6) is 0 Å². The van der Waals surface area contributed by atoms with E-state index in [1.165, 1.54) is 0 Å². The summed E-state index contributed by atoms with van der Waals surface area (Å²) in [6.07, 6.45) is 1.23. The Bertz CT molecular complexity index is 328. The van der Waals surface area contributed by atoms with Crippen molar-refractivity contribution in [2.45, 2.75) is 19.8 Å². The van der Waals surface area contributed by atoms with Crippen LogP contribution >= 0.6 is 0 Å². The molecule has 1 saturated carbocycles. The monoisotopic (exact) mass is 262 g/mol. The summed E-state index contributed by atoms with van der Waals surface area (Å²) in [5.41, 5.74) is -0.746. The number of hydrogen-bond acceptors (Lipinski definition) is 3. The lowest BCUT2D eigenvalue weighted by atomic mass is 10.1. The normalized spacial score (nSPS) is 18.2. The van der Waals surface area contributed by atoms with Crippen LogP contribution in [0.1, 0.15) is 19.8 Å². The van der Waals surface area contributed by atoms with Gasteiger partial charge in [-0.1, -0.05) is 6.92 Å². The molecule has 3 N–H and O–H groups in total. The van der Waals surface area contributed by atoms with Gasteiger partial charge >= 0.3 is 12.0 Å². The maximum atomic E-state index is 11.3. The first-order valence-electron chi connectivity index (χ1n) is 5.60. The zero-order valence-electron chi connectivity index (χ0n) is 9.82. The molecule has 98 valence electrons. The molecule has 1 rings (SSSR count). The average Bonchev–Trinajstić information content (AvgIpc) is 3.07. The Balaban J connectivity index is 2.14. The summed E-state index contributed by atoms with van der Waals surface area (Å²) in [5.74, 6) is 0.143. The van der Waals surface area contributed by atoms with Gasteiger partial charge in [0.15, 0.2) is 0 Å². The standard InChI is InChI=1S/C10H18N2O4S/c1-2-17(16)6-5-11-9(15)12-7-10(3-4-10)8(13)14/h2-7H2,1H3,(H,13,14)(H2,11,12,15). The molecular formula is C10H18N2O4S. The van der Waals surface area contributed by atoms with Gasteiger partial charge in [0.25, 0.3) is 0 Å². The van der Waals surface area contributed by atoms with Gasteiger partial charge in [-0.25, -0.2) is 4.79 Å². The highest BCUT2D eigenvalue weighted by Gasteiger charge is 2.50. The lowest BCUT2D eigenvalue weighted by Crippen LogP contribution is -2.41. The fourth-order valence-corrected chi connectivity index (χ4v) is 1.97. The summed E-state index contributed by atoms with van der Waals surface area (Å²) in [4.78, 5) is 22.1. The molecule has 1 aliphatic carbocycles. The molecule has 0 aliphatic heterocycles. The van der Waals surface area contributed by atoms with Crippen LogP contribution in [0.15, 0.2) is 0 Å². The number of carbonyl (C=O) groups is 2. The molecule has 2 amide bonds. The van der Waals surface area contributed by atoms with Crippen molar-refractivity contribution in [3.63, 3.8) is 0 Å². The van der Waals surface area contributed by atoms with Crippen LogP contribution in [0.3, 0.4) is 0 Å². The first-order chi connectivity index (χ1) is 8.00. The lowest BCUT2D eigenvalue weighted by Gasteiger charge is -2.11. The number of nitrogens with one attached hydrogen (secondary N) is 2. The molecule has 0 aromatic rings. The summed E-state index contributed by atoms with van der Waals surface area (Å²) < 4.78 is 11.1. The summed E-state index contributed by atoms with van der Waals surface area (Å²) in [6, 6.07) is -0.398. The van der Waals surface area contributed by atoms with Crippen molar-refractivity contribution in [1.82, 2.24) is 10.6 Å². The average molecular weight is 262 g/mol. The van der Waals surface area contributed by atoms with Gasteiger partial charge < -0.3 is 15.7 Å². The van der Waals surface area contributed by atoms with E-state index in [2.05, 4.69) is 10.6 Å². The van der Waals surface area contributed by atoms with Gasteiger partial charge in [-0.05, 0) is 12.8 Å². The minimum atomic E-state index is -0.896. The van der Waals surface area contributed by atoms with Crippen LogP contribution in [0, 0.1) is 5.41 Å². The number of carboxylic acids is 1. The molecule has 0 aromatic carbocycles. The Morgan fingerprint density at radius 2 is 2.00 bits per heavy atom. The molecule has 1 unspecified atom stereocenters. The number of aliphatic carboxylic acids is 1. The fraction of sp³-hybridized carbons (Fsp3) is 0.800. The lowest BCUT2D eigenvalue weighted by molar-refractivity contribution is -0.143. The van der Waals surface area contributed by atoms with Crippen molar-refractivity contribution in [2.75, 3.05) is 24.6 Å². The largest absolute Gasteiger partial charge is 0.481 e. The predicted molar refractivity (Wildman–Crippen MR) is 64.3 cm³/mol. The third kappa shape index (κ3) is 4.33. The number of carboxylic acid groups (broad SMARTS) is 1. The van der Waals surface area contributed by atoms with E-state index in [1.807, 2.05) is 6.92 Å². The Hall–Kier alpha value is -1.11. The highest BCUT2D eigenvalue weighted by Crippen LogP contribution is 2.45. The summed E-state index contributed by atoms with van der Waals surface area (Å²) in [5, 5.41) is 14.0. The number of rotatable bonds is 7. The van der Waals surface area contributed by atoms with E-state index in [0.29, 0.717) is 30.9 Å². The molecule has 1 fully saturated rings. The van der Waals surface area contributed by atoms with E-state index >= 15 is 0 Å². The van der Waals surface area contributed by atoms with Crippen LogP contribution in [-0.4, -0.2) is 45.9 Å². The summed E-state index contributed by atoms with van der Waals surface area (Å²) in [7, 11) is -0.896. The zero-order valence-corrected chi connectivity index (χ0v) is 10.6. The first kappa shape index (κ1) is 14.0. The Morgan fingerprint density at radius 3 is 2.47 bits per heavy atom. The molecule has 1 atom stereocenters. The molecule has 1 aliphatic rings. The molecule has 0 aromatic heterocycles. The minimum Gasteiger partial charge on any atom is -0.481 e. The van der Waals surface area contributed by atoms with E-state index in [9.17, 15) is 13.8 Å². The fourth-order valence-electron chi connectivity index (χ4n) is 1.35. The number of carbonyl (C=O) groups excluding carboxylic acids is 1. The van der Waals surface area contributed by atoms with Crippen molar-refractivity contribution < 1.29 is 18.9 Å². The molecular weight excluding hydrogens is 244 g/mol. The Morgan fingerprint density at radius 1 is 1.35 bits per heavy atom. The second-order valence-electron chi connectivity index (χ2n) is 4.13. The van der Waals surface area contributed by atoms with Crippen LogP contribution in [-0.2, 0) is 15.6 Å². The van der Waals surface area contributed by atoms with Crippen LogP contribution in [0.2, 0.25) is 0 Å². The zero-order chi connectivity index (χ0) is 12.9. The SMILES string of the molecule is CCS(=O)CCNC(=O)NCC1(C(=O)O)CC1. The van der Waals surface area contributed by atoms with Gasteiger partial charge in [-0.2, -0.15) is 0 Å². The van der Waals surface area contributed by atoms with Crippen molar-refractivity contribution in [1.29, 1.82) is 0 Å². The second kappa shape index (κ2) is 6.00. The molecule has 7 heteroatoms. The van der Waals surface area contributed by atoms with Crippen molar-refractivity contribution >= 4 is 22.8 Å². The van der Waals surface area contributed by atoms with Gasteiger partial charge in [0.2, 0.25) is 0 Å². The number of urea groups is 1. The van der Waals surface area contributed by atoms with Crippen LogP contribution < -0.4 is 10.6 Å². The van der Waals surface area contributed by atoms with E-state index in [0.717, 1.165) is 0 Å². The minimum absolute atomic E-state index is 0.158. The quantitative estimate of drug-likeness (QED) is 0.598. The summed E-state index contributed by atoms with van der Waals surface area (Å²) in [6.45, 7) is 2.32. The number of hydrogen-bond donors (Lipinski definition) is 3. The van der Waals surface area contributed by atoms with Gasteiger partial charge in [0, 0.05) is 35.4 Å². The highest BCUT2D eigenvalue weighted by molar-refractivity contribution is 7.84. The van der Waals surface area contributed by atoms with Crippen LogP contribution in [0.4, 0.5) is 4.79 Å². The van der Waals surface area contributed by atoms with Crippen molar-refractivity contribution in [3.8, 4) is 0 Å². The van der Waals surface area contributed by atoms with Gasteiger partial charge in [-0.15, -0.1) is 0 Å². The third-order valence-electron chi connectivity index (χ3n) is 2.83. The van der Waals surface area contributed by atoms with Crippen molar-refractivity contribution in [2.24, 2.45) is 5.41 Å². The molecule has 0 spiro atoms. The molecule has 17 heavy (non-hydrogen) atoms. The van der Waals surface area contributed by atoms with Gasteiger partial charge in [0.1, 0.15) is 0 Å². The van der Waals surface area contributed by atoms with E-state index in [4.69, 9.17) is 5.11 Å². The second-order valence-corrected chi connectivity index (χ2v) is 5.99. The van der Waals surface area contributed by atoms with Crippen LogP contribution in [0.25, 0.3) is 0 Å². The first-order valence-corrected chi connectivity index (χ1v) is 7.09. The maximum absolute atomic E-state index is 11.3. The van der Waals surface area contributed by atoms with E-state index in [1.54, 1.807) is 0 Å². The molecule has 0 radical (unpaired) electrons. The smallest absolute Gasteiger partial charge is 0.314 e. The molecule has 0 bridgehead atoms. The highest BCUT2D eigenvalue weighted by atomic mass is 32.2. The van der Waals surface area contributed by atoms with Gasteiger partial charge in [-0.3, -0.25) is 9.00 Å². The predicted octanol–water partition coefficient (Wildman–Crippen LogP) is -0.0810. The topological polar surface area (TPSA) is 95.5 Å². The molecule has 6 nitrogen and oxygen atoms in total. The summed E-state index contributed by atoms with van der Waals surface area (Å²) >= 11 is 0. The maximum Gasteiger partial charge on any atom is 0.314 e. The third-order valence-corrected chi connectivity index (χ3v) is 4.14. The van der Waals surface area contributed by atoms with E-state index in [-0.39, 0.29) is 6.54 Å². The van der Waals surface area contributed by atoms with Crippen molar-refractivity contribution in [3.05, 3.63) is 0 Å². The Kier molecular flexibility index (Phi) is 4.92. The Labute approximate surface area is 103 Å². The van der Waals surface area contributed by atoms with E-state index < -0.39 is 28.2 Å². The molecule has 0 heterocycles. The molecule has 0 saturated heterocycles. The van der Waals surface area contributed by atoms with Gasteiger partial charge in [0.05, 0.1) is 5.41 Å². The number of amides is 2.